The van der Waals surface area contributed by atoms with E-state index in [9.17, 15) is 9.18 Å². The van der Waals surface area contributed by atoms with Crippen LogP contribution in [0, 0.1) is 11.7 Å². The predicted molar refractivity (Wildman–Crippen MR) is 72.5 cm³/mol. The third kappa shape index (κ3) is 3.63. The summed E-state index contributed by atoms with van der Waals surface area (Å²) in [7, 11) is 0. The lowest BCUT2D eigenvalue weighted by molar-refractivity contribution is -0.137. The Hall–Kier alpha value is -1.76. The fourth-order valence-corrected chi connectivity index (χ4v) is 2.00. The van der Waals surface area contributed by atoms with Crippen LogP contribution in [0.5, 0.6) is 0 Å². The van der Waals surface area contributed by atoms with Crippen LogP contribution >= 0.6 is 15.9 Å². The second-order valence-electron chi connectivity index (χ2n) is 4.54. The molecule has 1 atom stereocenters. The normalized spacial score (nSPS) is 12.3. The first-order valence-electron chi connectivity index (χ1n) is 5.95. The molecule has 0 aliphatic heterocycles. The molecule has 106 valence electrons. The van der Waals surface area contributed by atoms with Crippen LogP contribution in [0.3, 0.4) is 0 Å². The molecule has 0 radical (unpaired) electrons. The summed E-state index contributed by atoms with van der Waals surface area (Å²) < 4.78 is 19.2. The number of carboxylic acids is 1. The first kappa shape index (κ1) is 14.6. The van der Waals surface area contributed by atoms with Crippen molar-refractivity contribution in [3.05, 3.63) is 34.4 Å². The van der Waals surface area contributed by atoms with Crippen molar-refractivity contribution >= 4 is 21.9 Å². The van der Waals surface area contributed by atoms with E-state index in [0.29, 0.717) is 22.3 Å². The Bertz CT molecular complexity index is 630. The van der Waals surface area contributed by atoms with E-state index in [1.165, 1.54) is 6.07 Å². The number of carbonyl (C=O) groups is 1. The van der Waals surface area contributed by atoms with Crippen LogP contribution in [0.2, 0.25) is 0 Å². The van der Waals surface area contributed by atoms with Crippen LogP contribution in [0.25, 0.3) is 11.5 Å². The van der Waals surface area contributed by atoms with E-state index in [4.69, 9.17) is 9.52 Å². The van der Waals surface area contributed by atoms with Gasteiger partial charge in [-0.25, -0.2) is 4.39 Å². The Labute approximate surface area is 123 Å². The summed E-state index contributed by atoms with van der Waals surface area (Å²) in [5.74, 6) is -0.831. The first-order valence-corrected chi connectivity index (χ1v) is 6.74. The molecular weight excluding hydrogens is 331 g/mol. The van der Waals surface area contributed by atoms with Gasteiger partial charge in [-0.05, 0) is 40.0 Å². The van der Waals surface area contributed by atoms with Gasteiger partial charge < -0.3 is 9.52 Å². The van der Waals surface area contributed by atoms with Crippen LogP contribution in [0.1, 0.15) is 19.2 Å². The molecule has 1 unspecified atom stereocenters. The lowest BCUT2D eigenvalue weighted by Gasteiger charge is -2.03. The van der Waals surface area contributed by atoms with Gasteiger partial charge in [-0.1, -0.05) is 6.92 Å². The summed E-state index contributed by atoms with van der Waals surface area (Å²) in [6, 6.07) is 4.51. The maximum atomic E-state index is 13.4. The maximum absolute atomic E-state index is 13.4. The van der Waals surface area contributed by atoms with Crippen LogP contribution in [-0.4, -0.2) is 21.3 Å². The highest BCUT2D eigenvalue weighted by atomic mass is 79.9. The highest BCUT2D eigenvalue weighted by Gasteiger charge is 2.15. The molecule has 0 spiro atoms. The zero-order valence-corrected chi connectivity index (χ0v) is 12.2. The number of rotatable bonds is 5. The Morgan fingerprint density at radius 2 is 2.25 bits per heavy atom. The summed E-state index contributed by atoms with van der Waals surface area (Å²) in [6.45, 7) is 1.79. The first-order chi connectivity index (χ1) is 9.45. The average Bonchev–Trinajstić information content (AvgIpc) is 2.80. The Morgan fingerprint density at radius 3 is 2.90 bits per heavy atom. The van der Waals surface area contributed by atoms with Crippen LogP contribution < -0.4 is 0 Å². The molecule has 1 N–H and O–H groups in total. The van der Waals surface area contributed by atoms with Gasteiger partial charge >= 0.3 is 5.97 Å². The van der Waals surface area contributed by atoms with Gasteiger partial charge in [0.05, 0.1) is 4.47 Å². The number of hydrogen-bond acceptors (Lipinski definition) is 4. The van der Waals surface area contributed by atoms with E-state index in [-0.39, 0.29) is 18.2 Å². The second-order valence-corrected chi connectivity index (χ2v) is 5.39. The number of aromatic nitrogens is 2. The number of hydrogen-bond donors (Lipinski definition) is 1. The molecule has 2 aromatic rings. The van der Waals surface area contributed by atoms with E-state index in [1.807, 2.05) is 0 Å². The zero-order chi connectivity index (χ0) is 14.7. The predicted octanol–water partition coefficient (Wildman–Crippen LogP) is 3.29. The quantitative estimate of drug-likeness (QED) is 0.902. The SMILES string of the molecule is CC(CC(=O)O)Cc1nnc(-c2ccc(Br)c(F)c2)o1. The number of benzene rings is 1. The minimum absolute atomic E-state index is 0.0324. The molecule has 0 bridgehead atoms. The Morgan fingerprint density at radius 1 is 1.50 bits per heavy atom. The van der Waals surface area contributed by atoms with Gasteiger partial charge in [0, 0.05) is 18.4 Å². The van der Waals surface area contributed by atoms with E-state index in [0.717, 1.165) is 0 Å². The fraction of sp³-hybridized carbons (Fsp3) is 0.308. The summed E-state index contributed by atoms with van der Waals surface area (Å²) in [4.78, 5) is 10.6. The molecular formula is C13H12BrFN2O3. The van der Waals surface area contributed by atoms with Crippen molar-refractivity contribution in [3.63, 3.8) is 0 Å². The van der Waals surface area contributed by atoms with Crippen molar-refractivity contribution in [2.45, 2.75) is 19.8 Å². The van der Waals surface area contributed by atoms with Gasteiger partial charge in [-0.15, -0.1) is 10.2 Å². The van der Waals surface area contributed by atoms with E-state index in [1.54, 1.807) is 19.1 Å². The van der Waals surface area contributed by atoms with E-state index < -0.39 is 11.8 Å². The van der Waals surface area contributed by atoms with Crippen LogP contribution in [0.4, 0.5) is 4.39 Å². The minimum atomic E-state index is -0.868. The average molecular weight is 343 g/mol. The third-order valence-electron chi connectivity index (χ3n) is 2.68. The standard InChI is InChI=1S/C13H12BrFN2O3/c1-7(5-12(18)19)4-11-16-17-13(20-11)8-2-3-9(14)10(15)6-8/h2-3,6-7H,4-5H2,1H3,(H,18,19). The molecule has 1 aromatic heterocycles. The number of nitrogens with zero attached hydrogens (tertiary/aromatic N) is 2. The molecule has 1 aromatic carbocycles. The monoisotopic (exact) mass is 342 g/mol. The summed E-state index contributed by atoms with van der Waals surface area (Å²) >= 11 is 3.07. The van der Waals surface area contributed by atoms with Crippen LogP contribution in [0.15, 0.2) is 27.1 Å². The minimum Gasteiger partial charge on any atom is -0.481 e. The Kier molecular flexibility index (Phi) is 4.49. The maximum Gasteiger partial charge on any atom is 0.303 e. The van der Waals surface area contributed by atoms with Crippen LogP contribution in [-0.2, 0) is 11.2 Å². The van der Waals surface area contributed by atoms with E-state index >= 15 is 0 Å². The van der Waals surface area contributed by atoms with Crippen molar-refractivity contribution in [2.24, 2.45) is 5.92 Å². The van der Waals surface area contributed by atoms with Crippen molar-refractivity contribution in [2.75, 3.05) is 0 Å². The molecule has 0 saturated heterocycles. The highest BCUT2D eigenvalue weighted by molar-refractivity contribution is 9.10. The zero-order valence-electron chi connectivity index (χ0n) is 10.6. The summed E-state index contributed by atoms with van der Waals surface area (Å²) in [6.07, 6.45) is 0.406. The van der Waals surface area contributed by atoms with Crippen molar-refractivity contribution in [1.29, 1.82) is 0 Å². The lowest BCUT2D eigenvalue weighted by Crippen LogP contribution is -2.07. The van der Waals surface area contributed by atoms with E-state index in [2.05, 4.69) is 26.1 Å². The lowest BCUT2D eigenvalue weighted by atomic mass is 10.0. The summed E-state index contributed by atoms with van der Waals surface area (Å²) in [5.41, 5.74) is 0.482. The van der Waals surface area contributed by atoms with Gasteiger partial charge in [0.15, 0.2) is 0 Å². The molecule has 7 heteroatoms. The largest absolute Gasteiger partial charge is 0.481 e. The van der Waals surface area contributed by atoms with Gasteiger partial charge in [0.1, 0.15) is 5.82 Å². The molecule has 0 saturated carbocycles. The van der Waals surface area contributed by atoms with Gasteiger partial charge in [0.25, 0.3) is 0 Å². The van der Waals surface area contributed by atoms with Gasteiger partial charge in [0.2, 0.25) is 11.8 Å². The molecule has 2 rings (SSSR count). The van der Waals surface area contributed by atoms with Crippen molar-refractivity contribution in [1.82, 2.24) is 10.2 Å². The molecule has 0 fully saturated rings. The molecule has 20 heavy (non-hydrogen) atoms. The number of halogens is 2. The van der Waals surface area contributed by atoms with Gasteiger partial charge in [-0.2, -0.15) is 0 Å². The number of aliphatic carboxylic acids is 1. The van der Waals surface area contributed by atoms with Crippen molar-refractivity contribution < 1.29 is 18.7 Å². The summed E-state index contributed by atoms with van der Waals surface area (Å²) in [5, 5.41) is 16.4. The molecule has 0 aliphatic rings. The van der Waals surface area contributed by atoms with Gasteiger partial charge in [-0.3, -0.25) is 4.79 Å². The molecule has 1 heterocycles. The smallest absolute Gasteiger partial charge is 0.303 e. The Balaban J connectivity index is 2.12. The highest BCUT2D eigenvalue weighted by Crippen LogP contribution is 2.24. The van der Waals surface area contributed by atoms with Crippen molar-refractivity contribution in [3.8, 4) is 11.5 Å². The fourth-order valence-electron chi connectivity index (χ4n) is 1.75. The molecule has 5 nitrogen and oxygen atoms in total. The molecule has 0 aliphatic carbocycles. The topological polar surface area (TPSA) is 76.2 Å². The molecule has 0 amide bonds. The second kappa shape index (κ2) is 6.13. The third-order valence-corrected chi connectivity index (χ3v) is 3.32. The number of carboxylic acid groups (broad SMARTS) is 1.